The zero-order valence-corrected chi connectivity index (χ0v) is 22.1. The number of hydrogen-bond acceptors (Lipinski definition) is 5. The first kappa shape index (κ1) is 24.2. The minimum absolute atomic E-state index is 0.121. The van der Waals surface area contributed by atoms with Gasteiger partial charge in [-0.1, -0.05) is 20.8 Å². The molecule has 6 nitrogen and oxygen atoms in total. The summed E-state index contributed by atoms with van der Waals surface area (Å²) in [5.41, 5.74) is 6.51. The van der Waals surface area contributed by atoms with Crippen molar-refractivity contribution < 1.29 is 9.13 Å². The highest BCUT2D eigenvalue weighted by Gasteiger charge is 2.22. The van der Waals surface area contributed by atoms with Gasteiger partial charge in [-0.05, 0) is 48.6 Å². The second-order valence-electron chi connectivity index (χ2n) is 10.2. The van der Waals surface area contributed by atoms with Crippen molar-refractivity contribution in [2.45, 2.75) is 40.5 Å². The van der Waals surface area contributed by atoms with Gasteiger partial charge in [-0.15, -0.1) is 11.3 Å². The molecule has 0 aliphatic heterocycles. The van der Waals surface area contributed by atoms with E-state index in [1.807, 2.05) is 46.0 Å². The minimum atomic E-state index is -0.349. The fourth-order valence-electron chi connectivity index (χ4n) is 4.51. The first-order valence-electron chi connectivity index (χ1n) is 12.0. The highest BCUT2D eigenvalue weighted by Crippen LogP contribution is 2.42. The highest BCUT2D eigenvalue weighted by molar-refractivity contribution is 7.13. The summed E-state index contributed by atoms with van der Waals surface area (Å²) in [6, 6.07) is 7.20. The Kier molecular flexibility index (Phi) is 6.38. The van der Waals surface area contributed by atoms with E-state index in [1.165, 1.54) is 23.0 Å². The first-order chi connectivity index (χ1) is 17.2. The van der Waals surface area contributed by atoms with Gasteiger partial charge in [-0.3, -0.25) is 4.68 Å². The van der Waals surface area contributed by atoms with Crippen molar-refractivity contribution in [3.8, 4) is 27.4 Å². The van der Waals surface area contributed by atoms with Crippen molar-refractivity contribution in [2.75, 3.05) is 6.61 Å². The summed E-state index contributed by atoms with van der Waals surface area (Å²) < 4.78 is 25.6. The van der Waals surface area contributed by atoms with Crippen molar-refractivity contribution in [1.29, 1.82) is 0 Å². The van der Waals surface area contributed by atoms with Crippen molar-refractivity contribution >= 4 is 17.0 Å². The van der Waals surface area contributed by atoms with Crippen LogP contribution in [0.25, 0.3) is 27.3 Å². The number of hydrogen-bond donors (Lipinski definition) is 0. The highest BCUT2D eigenvalue weighted by atomic mass is 32.1. The topological polar surface area (TPSA) is 57.2 Å². The van der Waals surface area contributed by atoms with Crippen molar-refractivity contribution in [1.82, 2.24) is 24.1 Å². The number of ether oxygens (including phenoxy) is 1. The lowest BCUT2D eigenvalue weighted by Gasteiger charge is -2.18. The molecule has 0 saturated carbocycles. The van der Waals surface area contributed by atoms with E-state index in [1.54, 1.807) is 18.5 Å². The SMILES string of the molecule is Cc1c(CCOc2c(-c3ccc4nccn4c3)ccc(F)c2-c2nccs2)c(CC(C)(C)C)nn1C. The summed E-state index contributed by atoms with van der Waals surface area (Å²) in [6.07, 6.45) is 8.88. The van der Waals surface area contributed by atoms with Gasteiger partial charge >= 0.3 is 0 Å². The van der Waals surface area contributed by atoms with Crippen LogP contribution in [0.5, 0.6) is 5.75 Å². The third-order valence-electron chi connectivity index (χ3n) is 6.29. The van der Waals surface area contributed by atoms with Crippen LogP contribution in [0, 0.1) is 18.2 Å². The number of fused-ring (bicyclic) bond motifs is 1. The Balaban J connectivity index is 1.52. The fraction of sp³-hybridized carbons (Fsp3) is 0.321. The smallest absolute Gasteiger partial charge is 0.140 e. The molecule has 0 bridgehead atoms. The monoisotopic (exact) mass is 503 g/mol. The lowest BCUT2D eigenvalue weighted by atomic mass is 9.88. The standard InChI is InChI=1S/C28H30FN5OS/c1-18-20(23(32-33(18)5)16-28(2,3)4)10-14-35-26-21(19-6-9-24-30-11-13-34(24)17-19)7-8-22(29)25(26)27-31-12-15-36-27/h6-9,11-13,15,17H,10,14,16H2,1-5H3. The first-order valence-corrected chi connectivity index (χ1v) is 12.9. The fourth-order valence-corrected chi connectivity index (χ4v) is 5.19. The largest absolute Gasteiger partial charge is 0.492 e. The zero-order valence-electron chi connectivity index (χ0n) is 21.2. The summed E-state index contributed by atoms with van der Waals surface area (Å²) in [4.78, 5) is 8.72. The molecule has 0 atom stereocenters. The summed E-state index contributed by atoms with van der Waals surface area (Å²) in [5.74, 6) is 0.154. The maximum Gasteiger partial charge on any atom is 0.140 e. The van der Waals surface area contributed by atoms with Gasteiger partial charge in [0.1, 0.15) is 22.2 Å². The van der Waals surface area contributed by atoms with Gasteiger partial charge in [0, 0.05) is 60.5 Å². The lowest BCUT2D eigenvalue weighted by Crippen LogP contribution is -2.12. The zero-order chi connectivity index (χ0) is 25.4. The average molecular weight is 504 g/mol. The molecule has 4 aromatic heterocycles. The maximum atomic E-state index is 15.2. The Morgan fingerprint density at radius 1 is 1.08 bits per heavy atom. The average Bonchev–Trinajstić information content (AvgIpc) is 3.56. The molecule has 0 N–H and O–H groups in total. The number of pyridine rings is 1. The molecule has 0 saturated heterocycles. The Bertz CT molecular complexity index is 1510. The predicted molar refractivity (Wildman–Crippen MR) is 142 cm³/mol. The van der Waals surface area contributed by atoms with Gasteiger partial charge in [-0.25, -0.2) is 14.4 Å². The van der Waals surface area contributed by atoms with E-state index in [4.69, 9.17) is 9.84 Å². The number of imidazole rings is 1. The molecule has 0 aliphatic carbocycles. The molecule has 186 valence electrons. The molecule has 0 unspecified atom stereocenters. The number of aromatic nitrogens is 5. The molecule has 0 amide bonds. The number of nitrogens with zero attached hydrogens (tertiary/aromatic N) is 5. The van der Waals surface area contributed by atoms with Gasteiger partial charge in [0.15, 0.2) is 0 Å². The van der Waals surface area contributed by atoms with Crippen LogP contribution in [0.4, 0.5) is 4.39 Å². The normalized spacial score (nSPS) is 11.9. The van der Waals surface area contributed by atoms with E-state index < -0.39 is 0 Å². The van der Waals surface area contributed by atoms with Crippen molar-refractivity contribution in [3.05, 3.63) is 77.2 Å². The van der Waals surface area contributed by atoms with E-state index >= 15 is 4.39 Å². The molecule has 4 heterocycles. The number of halogens is 1. The minimum Gasteiger partial charge on any atom is -0.492 e. The molecule has 1 aromatic carbocycles. The summed E-state index contributed by atoms with van der Waals surface area (Å²) >= 11 is 1.40. The van der Waals surface area contributed by atoms with Crippen LogP contribution in [-0.2, 0) is 19.9 Å². The molecule has 8 heteroatoms. The lowest BCUT2D eigenvalue weighted by molar-refractivity contribution is 0.321. The van der Waals surface area contributed by atoms with Crippen LogP contribution < -0.4 is 4.74 Å². The Morgan fingerprint density at radius 2 is 1.92 bits per heavy atom. The van der Waals surface area contributed by atoms with Gasteiger partial charge in [0.2, 0.25) is 0 Å². The van der Waals surface area contributed by atoms with Gasteiger partial charge in [0.25, 0.3) is 0 Å². The Labute approximate surface area is 214 Å². The molecule has 5 aromatic rings. The molecular formula is C28H30FN5OS. The Morgan fingerprint density at radius 3 is 2.67 bits per heavy atom. The van der Waals surface area contributed by atoms with Gasteiger partial charge < -0.3 is 9.14 Å². The number of aryl methyl sites for hydroxylation is 1. The molecule has 0 radical (unpaired) electrons. The molecule has 0 aliphatic rings. The molecule has 5 rings (SSSR count). The van der Waals surface area contributed by atoms with Crippen LogP contribution in [0.15, 0.2) is 54.4 Å². The second kappa shape index (κ2) is 9.50. The van der Waals surface area contributed by atoms with E-state index in [0.29, 0.717) is 29.3 Å². The molecular weight excluding hydrogens is 473 g/mol. The van der Waals surface area contributed by atoms with Crippen LogP contribution in [0.2, 0.25) is 0 Å². The quantitative estimate of drug-likeness (QED) is 0.254. The number of thiazole rings is 1. The number of benzene rings is 1. The third-order valence-corrected chi connectivity index (χ3v) is 7.08. The van der Waals surface area contributed by atoms with Gasteiger partial charge in [0.05, 0.1) is 17.9 Å². The van der Waals surface area contributed by atoms with Crippen LogP contribution >= 0.6 is 11.3 Å². The summed E-state index contributed by atoms with van der Waals surface area (Å²) in [5, 5.41) is 7.21. The van der Waals surface area contributed by atoms with Crippen LogP contribution in [0.3, 0.4) is 0 Å². The number of rotatable bonds is 7. The van der Waals surface area contributed by atoms with E-state index in [9.17, 15) is 0 Å². The molecule has 0 fully saturated rings. The van der Waals surface area contributed by atoms with Gasteiger partial charge in [-0.2, -0.15) is 5.10 Å². The van der Waals surface area contributed by atoms with E-state index in [-0.39, 0.29) is 11.2 Å². The maximum absolute atomic E-state index is 15.2. The van der Waals surface area contributed by atoms with E-state index in [0.717, 1.165) is 34.6 Å². The molecule has 36 heavy (non-hydrogen) atoms. The Hall–Kier alpha value is -3.52. The second-order valence-corrected chi connectivity index (χ2v) is 11.1. The third kappa shape index (κ3) is 4.78. The van der Waals surface area contributed by atoms with Crippen molar-refractivity contribution in [2.24, 2.45) is 12.5 Å². The predicted octanol–water partition coefficient (Wildman–Crippen LogP) is 6.52. The van der Waals surface area contributed by atoms with Crippen LogP contribution in [0.1, 0.15) is 37.7 Å². The van der Waals surface area contributed by atoms with Crippen molar-refractivity contribution in [3.63, 3.8) is 0 Å². The van der Waals surface area contributed by atoms with E-state index in [2.05, 4.69) is 37.7 Å². The molecule has 0 spiro atoms. The summed E-state index contributed by atoms with van der Waals surface area (Å²) in [7, 11) is 1.98. The summed E-state index contributed by atoms with van der Waals surface area (Å²) in [6.45, 7) is 9.13. The van der Waals surface area contributed by atoms with Crippen LogP contribution in [-0.4, -0.2) is 30.8 Å².